The number of methoxy groups -OCH3 is 1. The zero-order chi connectivity index (χ0) is 14.0. The van der Waals surface area contributed by atoms with Gasteiger partial charge < -0.3 is 9.84 Å². The van der Waals surface area contributed by atoms with E-state index in [0.717, 1.165) is 0 Å². The van der Waals surface area contributed by atoms with Crippen LogP contribution in [0.5, 0.6) is 5.75 Å². The van der Waals surface area contributed by atoms with E-state index in [-0.39, 0.29) is 18.0 Å². The van der Waals surface area contributed by atoms with E-state index in [1.54, 1.807) is 13.0 Å². The quantitative estimate of drug-likeness (QED) is 0.652. The normalized spacial score (nSPS) is 10.5. The Bertz CT molecular complexity index is 623. The van der Waals surface area contributed by atoms with E-state index < -0.39 is 4.92 Å². The van der Waals surface area contributed by atoms with Gasteiger partial charge in [-0.15, -0.1) is 0 Å². The molecule has 0 radical (unpaired) electrons. The minimum Gasteiger partial charge on any atom is -0.489 e. The summed E-state index contributed by atoms with van der Waals surface area (Å²) in [6, 6.07) is 2.84. The highest BCUT2D eigenvalue weighted by molar-refractivity contribution is 5.61. The van der Waals surface area contributed by atoms with Crippen LogP contribution in [0.2, 0.25) is 0 Å². The Balaban J connectivity index is 2.70. The van der Waals surface area contributed by atoms with Crippen molar-refractivity contribution < 1.29 is 14.8 Å². The van der Waals surface area contributed by atoms with Crippen molar-refractivity contribution in [1.29, 1.82) is 0 Å². The number of hydrogen-bond acceptors (Lipinski definition) is 6. The molecule has 100 valence electrons. The summed E-state index contributed by atoms with van der Waals surface area (Å²) in [6.07, 6.45) is 1.43. The fourth-order valence-corrected chi connectivity index (χ4v) is 1.72. The van der Waals surface area contributed by atoms with Crippen molar-refractivity contribution in [3.63, 3.8) is 0 Å². The molecule has 0 unspecified atom stereocenters. The number of aromatic nitrogens is 3. The molecule has 0 saturated heterocycles. The van der Waals surface area contributed by atoms with Crippen molar-refractivity contribution in [2.75, 3.05) is 7.11 Å². The summed E-state index contributed by atoms with van der Waals surface area (Å²) in [4.78, 5) is 14.4. The number of hydrogen-bond donors (Lipinski definition) is 1. The summed E-state index contributed by atoms with van der Waals surface area (Å²) < 4.78 is 6.46. The lowest BCUT2D eigenvalue weighted by Gasteiger charge is -2.10. The molecule has 1 aromatic heterocycles. The summed E-state index contributed by atoms with van der Waals surface area (Å²) >= 11 is 0. The number of nitro benzene ring substituents is 1. The van der Waals surface area contributed by atoms with Gasteiger partial charge in [0.15, 0.2) is 0 Å². The molecule has 0 saturated carbocycles. The molecule has 2 rings (SSSR count). The molecule has 0 amide bonds. The van der Waals surface area contributed by atoms with Crippen LogP contribution in [0.15, 0.2) is 18.5 Å². The van der Waals surface area contributed by atoms with E-state index in [1.165, 1.54) is 24.2 Å². The molecular formula is C11H12N4O4. The minimum atomic E-state index is -0.564. The second-order valence-corrected chi connectivity index (χ2v) is 3.82. The van der Waals surface area contributed by atoms with Crippen molar-refractivity contribution in [2.45, 2.75) is 13.5 Å². The maximum atomic E-state index is 11.0. The second-order valence-electron chi connectivity index (χ2n) is 3.82. The molecule has 0 aliphatic heterocycles. The van der Waals surface area contributed by atoms with Crippen LogP contribution in [-0.4, -0.2) is 31.9 Å². The van der Waals surface area contributed by atoms with E-state index in [0.29, 0.717) is 17.1 Å². The van der Waals surface area contributed by atoms with Crippen LogP contribution in [0.4, 0.5) is 5.69 Å². The Morgan fingerprint density at radius 1 is 1.53 bits per heavy atom. The van der Waals surface area contributed by atoms with E-state index >= 15 is 0 Å². The minimum absolute atomic E-state index is 0.0760. The Hall–Kier alpha value is -2.48. The van der Waals surface area contributed by atoms with Crippen LogP contribution in [0.1, 0.15) is 11.4 Å². The topological polar surface area (TPSA) is 103 Å². The zero-order valence-electron chi connectivity index (χ0n) is 10.4. The van der Waals surface area contributed by atoms with E-state index in [2.05, 4.69) is 10.1 Å². The molecule has 19 heavy (non-hydrogen) atoms. The molecule has 1 aromatic carbocycles. The zero-order valence-corrected chi connectivity index (χ0v) is 10.4. The molecule has 8 nitrogen and oxygen atoms in total. The van der Waals surface area contributed by atoms with Crippen LogP contribution in [0, 0.1) is 17.0 Å². The number of aliphatic hydroxyl groups excluding tert-OH is 1. The van der Waals surface area contributed by atoms with Gasteiger partial charge in [0.05, 0.1) is 18.6 Å². The highest BCUT2D eigenvalue weighted by Crippen LogP contribution is 2.34. The summed E-state index contributed by atoms with van der Waals surface area (Å²) in [5.41, 5.74) is 0.536. The molecule has 0 fully saturated rings. The third-order valence-corrected chi connectivity index (χ3v) is 2.55. The largest absolute Gasteiger partial charge is 0.489 e. The molecule has 0 spiro atoms. The first-order valence-corrected chi connectivity index (χ1v) is 5.41. The summed E-state index contributed by atoms with van der Waals surface area (Å²) in [7, 11) is 1.34. The standard InChI is InChI=1S/C11H12N4O4/c1-7-12-6-14(13-7)9-3-8(5-16)4-10(15(17)18)11(9)19-2/h3-4,6,16H,5H2,1-2H3. The van der Waals surface area contributed by atoms with Gasteiger partial charge in [0, 0.05) is 6.07 Å². The first-order chi connectivity index (χ1) is 9.06. The lowest BCUT2D eigenvalue weighted by molar-refractivity contribution is -0.385. The molecule has 8 heteroatoms. The predicted molar refractivity (Wildman–Crippen MR) is 65.2 cm³/mol. The first-order valence-electron chi connectivity index (χ1n) is 5.41. The van der Waals surface area contributed by atoms with Gasteiger partial charge in [-0.3, -0.25) is 10.1 Å². The Morgan fingerprint density at radius 2 is 2.26 bits per heavy atom. The number of nitro groups is 1. The maximum Gasteiger partial charge on any atom is 0.313 e. The Kier molecular flexibility index (Phi) is 3.43. The van der Waals surface area contributed by atoms with Gasteiger partial charge in [-0.2, -0.15) is 5.10 Å². The van der Waals surface area contributed by atoms with Gasteiger partial charge in [-0.05, 0) is 18.6 Å². The number of benzene rings is 1. The molecule has 0 bridgehead atoms. The maximum absolute atomic E-state index is 11.0. The van der Waals surface area contributed by atoms with Crippen LogP contribution in [0.3, 0.4) is 0 Å². The van der Waals surface area contributed by atoms with Crippen molar-refractivity contribution in [2.24, 2.45) is 0 Å². The van der Waals surface area contributed by atoms with Crippen LogP contribution >= 0.6 is 0 Å². The SMILES string of the molecule is COc1c(-n2cnc(C)n2)cc(CO)cc1[N+](=O)[O-]. The van der Waals surface area contributed by atoms with Gasteiger partial charge in [-0.25, -0.2) is 9.67 Å². The number of ether oxygens (including phenoxy) is 1. The highest BCUT2D eigenvalue weighted by atomic mass is 16.6. The van der Waals surface area contributed by atoms with Crippen molar-refractivity contribution in [1.82, 2.24) is 14.8 Å². The van der Waals surface area contributed by atoms with Gasteiger partial charge in [0.1, 0.15) is 17.8 Å². The van der Waals surface area contributed by atoms with Gasteiger partial charge in [-0.1, -0.05) is 0 Å². The smallest absolute Gasteiger partial charge is 0.313 e. The Labute approximate surface area is 108 Å². The first kappa shape index (κ1) is 13.0. The summed E-state index contributed by atoms with van der Waals surface area (Å²) in [6.45, 7) is 1.39. The van der Waals surface area contributed by atoms with E-state index in [1.807, 2.05) is 0 Å². The average Bonchev–Trinajstić information content (AvgIpc) is 2.83. The number of aryl methyl sites for hydroxylation is 1. The van der Waals surface area contributed by atoms with Gasteiger partial charge >= 0.3 is 5.69 Å². The highest BCUT2D eigenvalue weighted by Gasteiger charge is 2.22. The van der Waals surface area contributed by atoms with Crippen LogP contribution in [0.25, 0.3) is 5.69 Å². The van der Waals surface area contributed by atoms with Crippen LogP contribution < -0.4 is 4.74 Å². The van der Waals surface area contributed by atoms with Crippen molar-refractivity contribution >= 4 is 5.69 Å². The van der Waals surface area contributed by atoms with Gasteiger partial charge in [0.25, 0.3) is 0 Å². The van der Waals surface area contributed by atoms with Crippen molar-refractivity contribution in [3.8, 4) is 11.4 Å². The number of aliphatic hydroxyl groups is 1. The lowest BCUT2D eigenvalue weighted by atomic mass is 10.1. The van der Waals surface area contributed by atoms with E-state index in [9.17, 15) is 15.2 Å². The average molecular weight is 264 g/mol. The fourth-order valence-electron chi connectivity index (χ4n) is 1.72. The molecule has 1 heterocycles. The number of nitrogens with zero attached hydrogens (tertiary/aromatic N) is 4. The summed E-state index contributed by atoms with van der Waals surface area (Å²) in [5, 5.41) is 24.3. The molecular weight excluding hydrogens is 252 g/mol. The van der Waals surface area contributed by atoms with E-state index in [4.69, 9.17) is 4.74 Å². The summed E-state index contributed by atoms with van der Waals surface area (Å²) in [5.74, 6) is 0.603. The molecule has 0 aliphatic carbocycles. The molecule has 1 N–H and O–H groups in total. The fraction of sp³-hybridized carbons (Fsp3) is 0.273. The van der Waals surface area contributed by atoms with Crippen molar-refractivity contribution in [3.05, 3.63) is 40.0 Å². The lowest BCUT2D eigenvalue weighted by Crippen LogP contribution is -2.04. The third kappa shape index (κ3) is 2.38. The number of rotatable bonds is 4. The third-order valence-electron chi connectivity index (χ3n) is 2.55. The predicted octanol–water partition coefficient (Wildman–Crippen LogP) is 0.985. The van der Waals surface area contributed by atoms with Gasteiger partial charge in [0.2, 0.25) is 5.75 Å². The molecule has 0 atom stereocenters. The monoisotopic (exact) mass is 264 g/mol. The molecule has 2 aromatic rings. The molecule has 0 aliphatic rings. The Morgan fingerprint density at radius 3 is 2.74 bits per heavy atom. The second kappa shape index (κ2) is 5.02. The van der Waals surface area contributed by atoms with Crippen LogP contribution in [-0.2, 0) is 6.61 Å².